The molecule has 0 saturated heterocycles. The normalized spacial score (nSPS) is 20.4. The summed E-state index contributed by atoms with van der Waals surface area (Å²) in [6.45, 7) is 3.83. The second kappa shape index (κ2) is 5.62. The molecule has 2 N–H and O–H groups in total. The Bertz CT molecular complexity index is 675. The van der Waals surface area contributed by atoms with Gasteiger partial charge in [0.05, 0.1) is 12.1 Å². The standard InChI is InChI=1S/C16H18ClN3O/c1-3-11-15(17)18-9(2)19-16(11)20-14-12-7-5-4-6-10(12)8-13(14)21/h4-7,13-14,21H,3,8H2,1-2H3,(H,18,19,20)/t13-,14+/m1/s1. The van der Waals surface area contributed by atoms with E-state index in [1.54, 1.807) is 0 Å². The fraction of sp³-hybridized carbons (Fsp3) is 0.375. The number of anilines is 1. The van der Waals surface area contributed by atoms with Gasteiger partial charge >= 0.3 is 0 Å². The second-order valence-electron chi connectivity index (χ2n) is 5.33. The summed E-state index contributed by atoms with van der Waals surface area (Å²) in [4.78, 5) is 8.65. The molecule has 2 aromatic rings. The van der Waals surface area contributed by atoms with E-state index in [-0.39, 0.29) is 6.04 Å². The van der Waals surface area contributed by atoms with Gasteiger partial charge in [-0.3, -0.25) is 0 Å². The third kappa shape index (κ3) is 2.61. The number of aromatic nitrogens is 2. The van der Waals surface area contributed by atoms with E-state index < -0.39 is 6.10 Å². The summed E-state index contributed by atoms with van der Waals surface area (Å²) < 4.78 is 0. The van der Waals surface area contributed by atoms with Crippen LogP contribution in [-0.2, 0) is 12.8 Å². The molecule has 0 amide bonds. The Kier molecular flexibility index (Phi) is 3.83. The van der Waals surface area contributed by atoms with E-state index in [0.717, 1.165) is 23.4 Å². The third-order valence-electron chi connectivity index (χ3n) is 3.92. The van der Waals surface area contributed by atoms with Gasteiger partial charge in [0, 0.05) is 12.0 Å². The van der Waals surface area contributed by atoms with E-state index in [2.05, 4.69) is 21.4 Å². The largest absolute Gasteiger partial charge is 0.390 e. The van der Waals surface area contributed by atoms with Crippen LogP contribution < -0.4 is 5.32 Å². The maximum absolute atomic E-state index is 10.3. The lowest BCUT2D eigenvalue weighted by atomic mass is 10.1. The van der Waals surface area contributed by atoms with Gasteiger partial charge in [-0.15, -0.1) is 0 Å². The van der Waals surface area contributed by atoms with Gasteiger partial charge in [-0.1, -0.05) is 42.8 Å². The van der Waals surface area contributed by atoms with Crippen molar-refractivity contribution in [1.29, 1.82) is 0 Å². The van der Waals surface area contributed by atoms with Crippen LogP contribution >= 0.6 is 11.6 Å². The van der Waals surface area contributed by atoms with Gasteiger partial charge in [0.1, 0.15) is 16.8 Å². The van der Waals surface area contributed by atoms with Crippen molar-refractivity contribution >= 4 is 17.4 Å². The first kappa shape index (κ1) is 14.3. The number of aliphatic hydroxyl groups excluding tert-OH is 1. The quantitative estimate of drug-likeness (QED) is 0.856. The number of halogens is 1. The van der Waals surface area contributed by atoms with Gasteiger partial charge < -0.3 is 10.4 Å². The molecule has 0 bridgehead atoms. The summed E-state index contributed by atoms with van der Waals surface area (Å²) in [6, 6.07) is 7.93. The third-order valence-corrected chi connectivity index (χ3v) is 4.23. The molecule has 5 heteroatoms. The van der Waals surface area contributed by atoms with Crippen LogP contribution in [0.1, 0.15) is 35.5 Å². The number of benzene rings is 1. The second-order valence-corrected chi connectivity index (χ2v) is 5.69. The number of aryl methyl sites for hydroxylation is 1. The van der Waals surface area contributed by atoms with Crippen LogP contribution in [0.15, 0.2) is 24.3 Å². The van der Waals surface area contributed by atoms with Gasteiger partial charge in [-0.2, -0.15) is 0 Å². The lowest BCUT2D eigenvalue weighted by molar-refractivity contribution is 0.165. The summed E-state index contributed by atoms with van der Waals surface area (Å²) in [6.07, 6.45) is 0.945. The van der Waals surface area contributed by atoms with E-state index in [1.807, 2.05) is 32.0 Å². The van der Waals surface area contributed by atoms with Crippen LogP contribution in [0.5, 0.6) is 0 Å². The molecule has 1 aromatic heterocycles. The SMILES string of the molecule is CCc1c(Cl)nc(C)nc1N[C@H]1c2ccccc2C[C@H]1O. The molecule has 1 aromatic carbocycles. The van der Waals surface area contributed by atoms with Gasteiger partial charge in [0.15, 0.2) is 0 Å². The van der Waals surface area contributed by atoms with Crippen molar-refractivity contribution in [2.45, 2.75) is 38.8 Å². The molecule has 1 aliphatic carbocycles. The molecule has 4 nitrogen and oxygen atoms in total. The van der Waals surface area contributed by atoms with Gasteiger partial charge in [-0.05, 0) is 24.5 Å². The van der Waals surface area contributed by atoms with Crippen molar-refractivity contribution in [2.24, 2.45) is 0 Å². The molecule has 0 aliphatic heterocycles. The summed E-state index contributed by atoms with van der Waals surface area (Å²) in [5, 5.41) is 14.2. The highest BCUT2D eigenvalue weighted by molar-refractivity contribution is 6.30. The van der Waals surface area contributed by atoms with Crippen molar-refractivity contribution in [3.8, 4) is 0 Å². The Labute approximate surface area is 129 Å². The number of fused-ring (bicyclic) bond motifs is 1. The predicted molar refractivity (Wildman–Crippen MR) is 83.7 cm³/mol. The number of nitrogens with one attached hydrogen (secondary N) is 1. The van der Waals surface area contributed by atoms with Crippen molar-refractivity contribution in [2.75, 3.05) is 5.32 Å². The molecule has 1 aliphatic rings. The maximum Gasteiger partial charge on any atom is 0.138 e. The zero-order chi connectivity index (χ0) is 15.0. The molecule has 110 valence electrons. The molecule has 0 spiro atoms. The van der Waals surface area contributed by atoms with E-state index in [9.17, 15) is 5.11 Å². The monoisotopic (exact) mass is 303 g/mol. The van der Waals surface area contributed by atoms with Crippen LogP contribution in [0.2, 0.25) is 5.15 Å². The minimum Gasteiger partial charge on any atom is -0.390 e. The lowest BCUT2D eigenvalue weighted by Crippen LogP contribution is -2.22. The molecular formula is C16H18ClN3O. The average Bonchev–Trinajstić information content (AvgIpc) is 2.75. The minimum absolute atomic E-state index is 0.156. The Morgan fingerprint density at radius 2 is 2.10 bits per heavy atom. The lowest BCUT2D eigenvalue weighted by Gasteiger charge is -2.21. The van der Waals surface area contributed by atoms with Crippen LogP contribution in [0, 0.1) is 6.92 Å². The van der Waals surface area contributed by atoms with Gasteiger partial charge in [-0.25, -0.2) is 9.97 Å². The molecule has 0 saturated carbocycles. The first-order chi connectivity index (χ1) is 10.1. The number of nitrogens with zero attached hydrogens (tertiary/aromatic N) is 2. The van der Waals surface area contributed by atoms with E-state index >= 15 is 0 Å². The summed E-state index contributed by atoms with van der Waals surface area (Å²) >= 11 is 6.20. The van der Waals surface area contributed by atoms with Crippen LogP contribution in [0.25, 0.3) is 0 Å². The fourth-order valence-corrected chi connectivity index (χ4v) is 3.23. The Hall–Kier alpha value is -1.65. The Morgan fingerprint density at radius 3 is 2.86 bits per heavy atom. The van der Waals surface area contributed by atoms with Gasteiger partial charge in [0.25, 0.3) is 0 Å². The summed E-state index contributed by atoms with van der Waals surface area (Å²) in [5.41, 5.74) is 3.19. The molecular weight excluding hydrogens is 286 g/mol. The minimum atomic E-state index is -0.457. The number of hydrogen-bond donors (Lipinski definition) is 2. The smallest absolute Gasteiger partial charge is 0.138 e. The molecule has 0 radical (unpaired) electrons. The molecule has 2 atom stereocenters. The molecule has 21 heavy (non-hydrogen) atoms. The van der Waals surface area contributed by atoms with Crippen molar-refractivity contribution in [3.63, 3.8) is 0 Å². The topological polar surface area (TPSA) is 58.0 Å². The molecule has 0 fully saturated rings. The van der Waals surface area contributed by atoms with E-state index in [0.29, 0.717) is 17.4 Å². The summed E-state index contributed by atoms with van der Waals surface area (Å²) in [5.74, 6) is 1.34. The number of rotatable bonds is 3. The van der Waals surface area contributed by atoms with Crippen molar-refractivity contribution < 1.29 is 5.11 Å². The maximum atomic E-state index is 10.3. The molecule has 0 unspecified atom stereocenters. The van der Waals surface area contributed by atoms with E-state index in [4.69, 9.17) is 11.6 Å². The average molecular weight is 304 g/mol. The predicted octanol–water partition coefficient (Wildman–Crippen LogP) is 3.07. The Balaban J connectivity index is 1.98. The first-order valence-electron chi connectivity index (χ1n) is 7.15. The number of hydrogen-bond acceptors (Lipinski definition) is 4. The van der Waals surface area contributed by atoms with Crippen molar-refractivity contribution in [1.82, 2.24) is 9.97 Å². The van der Waals surface area contributed by atoms with E-state index in [1.165, 1.54) is 5.56 Å². The zero-order valence-corrected chi connectivity index (χ0v) is 12.9. The molecule has 1 heterocycles. The van der Waals surface area contributed by atoms with Gasteiger partial charge in [0.2, 0.25) is 0 Å². The van der Waals surface area contributed by atoms with Crippen LogP contribution in [0.3, 0.4) is 0 Å². The molecule has 3 rings (SSSR count). The zero-order valence-electron chi connectivity index (χ0n) is 12.1. The summed E-state index contributed by atoms with van der Waals surface area (Å²) in [7, 11) is 0. The van der Waals surface area contributed by atoms with Crippen LogP contribution in [-0.4, -0.2) is 21.2 Å². The van der Waals surface area contributed by atoms with Crippen LogP contribution in [0.4, 0.5) is 5.82 Å². The first-order valence-corrected chi connectivity index (χ1v) is 7.53. The Morgan fingerprint density at radius 1 is 1.33 bits per heavy atom. The highest BCUT2D eigenvalue weighted by atomic mass is 35.5. The fourth-order valence-electron chi connectivity index (χ4n) is 2.89. The number of aliphatic hydroxyl groups is 1. The highest BCUT2D eigenvalue weighted by Crippen LogP contribution is 2.35. The van der Waals surface area contributed by atoms with Crippen molar-refractivity contribution in [3.05, 3.63) is 51.9 Å². The highest BCUT2D eigenvalue weighted by Gasteiger charge is 2.31.